The van der Waals surface area contributed by atoms with Gasteiger partial charge in [-0.05, 0) is 48.5 Å². The molecule has 0 aliphatic heterocycles. The Morgan fingerprint density at radius 1 is 0.900 bits per heavy atom. The first-order chi connectivity index (χ1) is 14.7. The predicted molar refractivity (Wildman–Crippen MR) is 114 cm³/mol. The van der Waals surface area contributed by atoms with Gasteiger partial charge in [0.05, 0.1) is 5.56 Å². The molecule has 1 heterocycles. The molecule has 150 valence electrons. The highest BCUT2D eigenvalue weighted by Gasteiger charge is 2.13. The largest absolute Gasteiger partial charge is 0.485 e. The van der Waals surface area contributed by atoms with Crippen LogP contribution in [-0.2, 0) is 6.61 Å². The van der Waals surface area contributed by atoms with Crippen LogP contribution in [0.5, 0.6) is 5.75 Å². The van der Waals surface area contributed by atoms with Gasteiger partial charge in [-0.25, -0.2) is 0 Å². The van der Waals surface area contributed by atoms with Gasteiger partial charge in [0.25, 0.3) is 5.91 Å². The van der Waals surface area contributed by atoms with Gasteiger partial charge in [0.1, 0.15) is 5.75 Å². The third kappa shape index (κ3) is 4.82. The molecule has 0 spiro atoms. The zero-order chi connectivity index (χ0) is 20.8. The molecule has 7 heteroatoms. The van der Waals surface area contributed by atoms with Crippen molar-refractivity contribution < 1.29 is 14.1 Å². The molecular weight excluding hydrogens is 380 g/mol. The maximum absolute atomic E-state index is 12.8. The van der Waals surface area contributed by atoms with Crippen LogP contribution in [0.3, 0.4) is 0 Å². The molecule has 0 radical (unpaired) electrons. The topological polar surface area (TPSA) is 89.3 Å². The number of hydrogen-bond acceptors (Lipinski definition) is 6. The summed E-state index contributed by atoms with van der Waals surface area (Å²) in [6, 6.07) is 24.4. The van der Waals surface area contributed by atoms with E-state index in [0.717, 1.165) is 11.4 Å². The second-order valence-corrected chi connectivity index (χ2v) is 6.54. The van der Waals surface area contributed by atoms with Gasteiger partial charge in [0.2, 0.25) is 11.7 Å². The minimum Gasteiger partial charge on any atom is -0.485 e. The van der Waals surface area contributed by atoms with Gasteiger partial charge in [-0.15, -0.1) is 0 Å². The van der Waals surface area contributed by atoms with Crippen LogP contribution < -0.4 is 15.4 Å². The Kier molecular flexibility index (Phi) is 5.70. The number of aromatic nitrogens is 2. The summed E-state index contributed by atoms with van der Waals surface area (Å²) in [5, 5.41) is 10.00. The van der Waals surface area contributed by atoms with E-state index in [-0.39, 0.29) is 12.5 Å². The van der Waals surface area contributed by atoms with Gasteiger partial charge in [0.15, 0.2) is 6.61 Å². The van der Waals surface area contributed by atoms with Gasteiger partial charge in [-0.3, -0.25) is 4.79 Å². The fraction of sp³-hybridized carbons (Fsp3) is 0.0870. The molecule has 0 saturated heterocycles. The number of nitrogens with zero attached hydrogens (tertiary/aromatic N) is 2. The van der Waals surface area contributed by atoms with Crippen LogP contribution in [-0.4, -0.2) is 16.0 Å². The molecule has 4 rings (SSSR count). The molecule has 0 bridgehead atoms. The van der Waals surface area contributed by atoms with Gasteiger partial charge < -0.3 is 19.9 Å². The summed E-state index contributed by atoms with van der Waals surface area (Å²) in [5.41, 5.74) is 3.03. The van der Waals surface area contributed by atoms with Crippen LogP contribution in [0.2, 0.25) is 0 Å². The summed E-state index contributed by atoms with van der Waals surface area (Å²) in [7, 11) is 0. The maximum atomic E-state index is 12.8. The minimum atomic E-state index is -0.265. The first-order valence-corrected chi connectivity index (χ1v) is 9.42. The molecule has 3 aromatic carbocycles. The molecule has 0 unspecified atom stereocenters. The van der Waals surface area contributed by atoms with Crippen LogP contribution in [0.4, 0.5) is 17.1 Å². The van der Waals surface area contributed by atoms with E-state index in [4.69, 9.17) is 9.26 Å². The van der Waals surface area contributed by atoms with E-state index < -0.39 is 0 Å². The van der Waals surface area contributed by atoms with Gasteiger partial charge in [0, 0.05) is 24.0 Å². The van der Waals surface area contributed by atoms with Crippen molar-refractivity contribution in [3.05, 3.63) is 96.1 Å². The van der Waals surface area contributed by atoms with E-state index in [0.29, 0.717) is 28.7 Å². The molecule has 4 aromatic rings. The number of amides is 1. The van der Waals surface area contributed by atoms with Crippen LogP contribution in [0, 0.1) is 6.92 Å². The number of para-hydroxylation sites is 2. The van der Waals surface area contributed by atoms with Gasteiger partial charge in [-0.1, -0.05) is 35.5 Å². The minimum absolute atomic E-state index is 0.113. The lowest BCUT2D eigenvalue weighted by Crippen LogP contribution is -2.13. The summed E-state index contributed by atoms with van der Waals surface area (Å²) in [5.74, 6) is 1.06. The lowest BCUT2D eigenvalue weighted by Gasteiger charge is -2.11. The van der Waals surface area contributed by atoms with E-state index >= 15 is 0 Å². The smallest absolute Gasteiger partial charge is 0.259 e. The first kappa shape index (κ1) is 19.2. The Morgan fingerprint density at radius 3 is 2.30 bits per heavy atom. The van der Waals surface area contributed by atoms with Crippen molar-refractivity contribution in [2.24, 2.45) is 0 Å². The highest BCUT2D eigenvalue weighted by molar-refractivity contribution is 6.06. The van der Waals surface area contributed by atoms with Crippen LogP contribution in [0.25, 0.3) is 0 Å². The van der Waals surface area contributed by atoms with E-state index in [1.54, 1.807) is 31.2 Å². The SMILES string of the molecule is Cc1nc(COc2ccccc2C(=O)Nc2ccc(Nc3ccccc3)cc2)no1. The van der Waals surface area contributed by atoms with Crippen molar-refractivity contribution in [3.63, 3.8) is 0 Å². The lowest BCUT2D eigenvalue weighted by atomic mass is 10.1. The fourth-order valence-electron chi connectivity index (χ4n) is 2.85. The Bertz CT molecular complexity index is 1120. The van der Waals surface area contributed by atoms with Crippen molar-refractivity contribution in [2.75, 3.05) is 10.6 Å². The summed E-state index contributed by atoms with van der Waals surface area (Å²) >= 11 is 0. The molecule has 1 aromatic heterocycles. The first-order valence-electron chi connectivity index (χ1n) is 9.42. The third-order valence-corrected chi connectivity index (χ3v) is 4.26. The van der Waals surface area contributed by atoms with Crippen molar-refractivity contribution in [1.82, 2.24) is 10.1 Å². The average Bonchev–Trinajstić information content (AvgIpc) is 3.20. The predicted octanol–water partition coefficient (Wildman–Crippen LogP) is 4.95. The lowest BCUT2D eigenvalue weighted by molar-refractivity contribution is 0.102. The molecular formula is C23H20N4O3. The highest BCUT2D eigenvalue weighted by Crippen LogP contribution is 2.22. The van der Waals surface area contributed by atoms with Gasteiger partial charge in [-0.2, -0.15) is 4.98 Å². The van der Waals surface area contributed by atoms with E-state index in [2.05, 4.69) is 20.8 Å². The zero-order valence-corrected chi connectivity index (χ0v) is 16.3. The summed E-state index contributed by atoms with van der Waals surface area (Å²) in [4.78, 5) is 16.9. The summed E-state index contributed by atoms with van der Waals surface area (Å²) in [6.45, 7) is 1.82. The Hall–Kier alpha value is -4.13. The van der Waals surface area contributed by atoms with Crippen LogP contribution >= 0.6 is 0 Å². The quantitative estimate of drug-likeness (QED) is 0.456. The third-order valence-electron chi connectivity index (χ3n) is 4.26. The number of aryl methyl sites for hydroxylation is 1. The molecule has 1 amide bonds. The molecule has 0 aliphatic carbocycles. The Labute approximate surface area is 173 Å². The van der Waals surface area contributed by atoms with Crippen molar-refractivity contribution in [2.45, 2.75) is 13.5 Å². The van der Waals surface area contributed by atoms with E-state index in [1.807, 2.05) is 54.6 Å². The molecule has 7 nitrogen and oxygen atoms in total. The van der Waals surface area contributed by atoms with Crippen LogP contribution in [0.15, 0.2) is 83.4 Å². The second-order valence-electron chi connectivity index (χ2n) is 6.54. The number of carbonyl (C=O) groups is 1. The second kappa shape index (κ2) is 8.91. The number of rotatable bonds is 7. The normalized spacial score (nSPS) is 10.4. The zero-order valence-electron chi connectivity index (χ0n) is 16.3. The standard InChI is InChI=1S/C23H20N4O3/c1-16-24-22(27-30-16)15-29-21-10-6-5-9-20(21)23(28)26-19-13-11-18(12-14-19)25-17-7-3-2-4-8-17/h2-14,25H,15H2,1H3,(H,26,28). The number of hydrogen-bond donors (Lipinski definition) is 2. The number of benzene rings is 3. The molecule has 2 N–H and O–H groups in total. The highest BCUT2D eigenvalue weighted by atomic mass is 16.5. The number of ether oxygens (including phenoxy) is 1. The molecule has 0 aliphatic rings. The summed E-state index contributed by atoms with van der Waals surface area (Å²) in [6.07, 6.45) is 0. The maximum Gasteiger partial charge on any atom is 0.259 e. The number of carbonyl (C=O) groups excluding carboxylic acids is 1. The van der Waals surface area contributed by atoms with E-state index in [1.165, 1.54) is 0 Å². The number of anilines is 3. The molecule has 30 heavy (non-hydrogen) atoms. The fourth-order valence-corrected chi connectivity index (χ4v) is 2.85. The molecule has 0 fully saturated rings. The summed E-state index contributed by atoms with van der Waals surface area (Å²) < 4.78 is 10.7. The molecule has 0 saturated carbocycles. The Morgan fingerprint density at radius 2 is 1.57 bits per heavy atom. The van der Waals surface area contributed by atoms with E-state index in [9.17, 15) is 4.79 Å². The average molecular weight is 400 g/mol. The van der Waals surface area contributed by atoms with Gasteiger partial charge >= 0.3 is 0 Å². The Balaban J connectivity index is 1.41. The monoisotopic (exact) mass is 400 g/mol. The number of nitrogens with one attached hydrogen (secondary N) is 2. The van der Waals surface area contributed by atoms with Crippen LogP contribution in [0.1, 0.15) is 22.1 Å². The van der Waals surface area contributed by atoms with Crippen molar-refractivity contribution in [3.8, 4) is 5.75 Å². The van der Waals surface area contributed by atoms with Crippen molar-refractivity contribution in [1.29, 1.82) is 0 Å². The molecule has 0 atom stereocenters. The van der Waals surface area contributed by atoms with Crippen molar-refractivity contribution >= 4 is 23.0 Å².